The van der Waals surface area contributed by atoms with E-state index in [4.69, 9.17) is 16.9 Å². The van der Waals surface area contributed by atoms with Crippen LogP contribution in [0.25, 0.3) is 16.9 Å². The molecule has 2 aromatic heterocycles. The number of aromatic nitrogens is 4. The van der Waals surface area contributed by atoms with Crippen LogP contribution in [0.3, 0.4) is 0 Å². The largest absolute Gasteiger partial charge is 0.278 e. The molecule has 0 spiro atoms. The fourth-order valence-corrected chi connectivity index (χ4v) is 2.24. The van der Waals surface area contributed by atoms with Crippen LogP contribution < -0.4 is 0 Å². The Labute approximate surface area is 114 Å². The number of hydrogen-bond acceptors (Lipinski definition) is 3. The van der Waals surface area contributed by atoms with E-state index in [1.807, 2.05) is 29.9 Å². The standard InChI is InChI=1S/C13H10ClN5/c1-18-5-4-12(17-18)19-11-6-9(8-15)2-3-10(11)16-13(19)7-14/h2-6H,7H2,1H3. The van der Waals surface area contributed by atoms with Crippen LogP contribution in [0.15, 0.2) is 30.5 Å². The molecule has 0 saturated carbocycles. The summed E-state index contributed by atoms with van der Waals surface area (Å²) >= 11 is 5.95. The summed E-state index contributed by atoms with van der Waals surface area (Å²) in [5.41, 5.74) is 2.24. The molecule has 0 aliphatic heterocycles. The van der Waals surface area contributed by atoms with Crippen LogP contribution in [0.1, 0.15) is 11.4 Å². The first kappa shape index (κ1) is 11.8. The Bertz CT molecular complexity index is 793. The molecule has 0 amide bonds. The van der Waals surface area contributed by atoms with Gasteiger partial charge in [0, 0.05) is 19.3 Å². The minimum Gasteiger partial charge on any atom is -0.278 e. The molecule has 0 aliphatic carbocycles. The third kappa shape index (κ3) is 1.86. The monoisotopic (exact) mass is 271 g/mol. The van der Waals surface area contributed by atoms with Crippen molar-refractivity contribution in [3.63, 3.8) is 0 Å². The SMILES string of the molecule is Cn1ccc(-n2c(CCl)nc3ccc(C#N)cc32)n1. The third-order valence-electron chi connectivity index (χ3n) is 2.90. The molecule has 2 heterocycles. The number of imidazole rings is 1. The highest BCUT2D eigenvalue weighted by Gasteiger charge is 2.13. The summed E-state index contributed by atoms with van der Waals surface area (Å²) < 4.78 is 3.59. The second-order valence-corrected chi connectivity index (χ2v) is 4.43. The lowest BCUT2D eigenvalue weighted by Gasteiger charge is -2.03. The highest BCUT2D eigenvalue weighted by Crippen LogP contribution is 2.22. The molecular weight excluding hydrogens is 262 g/mol. The topological polar surface area (TPSA) is 59.4 Å². The third-order valence-corrected chi connectivity index (χ3v) is 3.14. The lowest BCUT2D eigenvalue weighted by Crippen LogP contribution is -2.01. The molecule has 19 heavy (non-hydrogen) atoms. The van der Waals surface area contributed by atoms with E-state index in [2.05, 4.69) is 16.2 Å². The van der Waals surface area contributed by atoms with Gasteiger partial charge in [-0.05, 0) is 18.2 Å². The van der Waals surface area contributed by atoms with Gasteiger partial charge in [0.15, 0.2) is 5.82 Å². The molecule has 0 aliphatic rings. The fourth-order valence-electron chi connectivity index (χ4n) is 2.06. The first-order valence-corrected chi connectivity index (χ1v) is 6.24. The van der Waals surface area contributed by atoms with Crippen molar-refractivity contribution in [2.45, 2.75) is 5.88 Å². The van der Waals surface area contributed by atoms with Gasteiger partial charge in [-0.2, -0.15) is 10.4 Å². The van der Waals surface area contributed by atoms with E-state index in [0.717, 1.165) is 16.9 Å². The van der Waals surface area contributed by atoms with Gasteiger partial charge in [-0.25, -0.2) is 4.98 Å². The van der Waals surface area contributed by atoms with Crippen molar-refractivity contribution in [2.24, 2.45) is 7.05 Å². The number of nitrogens with zero attached hydrogens (tertiary/aromatic N) is 5. The van der Waals surface area contributed by atoms with Gasteiger partial charge in [0.25, 0.3) is 0 Å². The van der Waals surface area contributed by atoms with Crippen molar-refractivity contribution in [3.05, 3.63) is 41.9 Å². The Balaban J connectivity index is 2.34. The first-order chi connectivity index (χ1) is 9.22. The van der Waals surface area contributed by atoms with Crippen LogP contribution in [0.2, 0.25) is 0 Å². The molecule has 6 heteroatoms. The van der Waals surface area contributed by atoms with Crippen LogP contribution in [-0.2, 0) is 12.9 Å². The van der Waals surface area contributed by atoms with E-state index < -0.39 is 0 Å². The zero-order chi connectivity index (χ0) is 13.4. The predicted molar refractivity (Wildman–Crippen MR) is 72.1 cm³/mol. The van der Waals surface area contributed by atoms with Crippen LogP contribution in [0.5, 0.6) is 0 Å². The zero-order valence-electron chi connectivity index (χ0n) is 10.2. The van der Waals surface area contributed by atoms with Crippen molar-refractivity contribution in [1.29, 1.82) is 5.26 Å². The molecule has 0 atom stereocenters. The average molecular weight is 272 g/mol. The Hall–Kier alpha value is -2.32. The predicted octanol–water partition coefficient (Wildman–Crippen LogP) is 2.37. The van der Waals surface area contributed by atoms with Crippen LogP contribution >= 0.6 is 11.6 Å². The van der Waals surface area contributed by atoms with Gasteiger partial charge < -0.3 is 0 Å². The Kier molecular flexibility index (Phi) is 2.73. The highest BCUT2D eigenvalue weighted by molar-refractivity contribution is 6.17. The molecule has 1 aromatic carbocycles. The molecule has 0 bridgehead atoms. The van der Waals surface area contributed by atoms with Gasteiger partial charge in [0.05, 0.1) is 28.5 Å². The molecule has 94 valence electrons. The van der Waals surface area contributed by atoms with Gasteiger partial charge >= 0.3 is 0 Å². The lowest BCUT2D eigenvalue weighted by molar-refractivity contribution is 0.749. The molecule has 0 N–H and O–H groups in total. The molecule has 0 fully saturated rings. The minimum atomic E-state index is 0.285. The Morgan fingerprint density at radius 1 is 1.37 bits per heavy atom. The van der Waals surface area contributed by atoms with Crippen LogP contribution in [0.4, 0.5) is 0 Å². The Morgan fingerprint density at radius 3 is 2.84 bits per heavy atom. The lowest BCUT2D eigenvalue weighted by atomic mass is 10.2. The smallest absolute Gasteiger partial charge is 0.160 e. The van der Waals surface area contributed by atoms with E-state index in [9.17, 15) is 0 Å². The number of hydrogen-bond donors (Lipinski definition) is 0. The second kappa shape index (κ2) is 4.41. The van der Waals surface area contributed by atoms with E-state index in [-0.39, 0.29) is 5.88 Å². The summed E-state index contributed by atoms with van der Waals surface area (Å²) in [5, 5.41) is 13.4. The number of rotatable bonds is 2. The highest BCUT2D eigenvalue weighted by atomic mass is 35.5. The Morgan fingerprint density at radius 2 is 2.21 bits per heavy atom. The molecule has 3 rings (SSSR count). The van der Waals surface area contributed by atoms with Gasteiger partial charge in [-0.1, -0.05) is 0 Å². The van der Waals surface area contributed by atoms with Crippen LogP contribution in [0, 0.1) is 11.3 Å². The average Bonchev–Trinajstić information content (AvgIpc) is 3.00. The summed E-state index contributed by atoms with van der Waals surface area (Å²) in [6.07, 6.45) is 1.85. The van der Waals surface area contributed by atoms with Crippen molar-refractivity contribution < 1.29 is 0 Å². The zero-order valence-corrected chi connectivity index (χ0v) is 11.0. The molecule has 0 unspecified atom stereocenters. The second-order valence-electron chi connectivity index (χ2n) is 4.16. The maximum atomic E-state index is 9.00. The summed E-state index contributed by atoms with van der Waals surface area (Å²) in [7, 11) is 1.85. The normalized spacial score (nSPS) is 10.8. The maximum absolute atomic E-state index is 9.00. The number of fused-ring (bicyclic) bond motifs is 1. The number of alkyl halides is 1. The maximum Gasteiger partial charge on any atom is 0.160 e. The van der Waals surface area contributed by atoms with Crippen molar-refractivity contribution >= 4 is 22.6 Å². The van der Waals surface area contributed by atoms with E-state index in [0.29, 0.717) is 11.4 Å². The summed E-state index contributed by atoms with van der Waals surface area (Å²) in [6.45, 7) is 0. The van der Waals surface area contributed by atoms with Gasteiger partial charge in [-0.15, -0.1) is 11.6 Å². The van der Waals surface area contributed by atoms with Crippen molar-refractivity contribution in [1.82, 2.24) is 19.3 Å². The molecule has 5 nitrogen and oxygen atoms in total. The molecular formula is C13H10ClN5. The number of halogens is 1. The van der Waals surface area contributed by atoms with Gasteiger partial charge in [0.2, 0.25) is 0 Å². The van der Waals surface area contributed by atoms with Crippen molar-refractivity contribution in [2.75, 3.05) is 0 Å². The van der Waals surface area contributed by atoms with E-state index in [1.165, 1.54) is 0 Å². The quantitative estimate of drug-likeness (QED) is 0.672. The first-order valence-electron chi connectivity index (χ1n) is 5.70. The van der Waals surface area contributed by atoms with Gasteiger partial charge in [0.1, 0.15) is 5.82 Å². The van der Waals surface area contributed by atoms with E-state index in [1.54, 1.807) is 16.8 Å². The molecule has 0 radical (unpaired) electrons. The number of nitriles is 1. The summed E-state index contributed by atoms with van der Waals surface area (Å²) in [4.78, 5) is 4.46. The van der Waals surface area contributed by atoms with Gasteiger partial charge in [-0.3, -0.25) is 9.25 Å². The molecule has 0 saturated heterocycles. The number of benzene rings is 1. The minimum absolute atomic E-state index is 0.285. The summed E-state index contributed by atoms with van der Waals surface area (Å²) in [5.74, 6) is 1.74. The van der Waals surface area contributed by atoms with E-state index >= 15 is 0 Å². The van der Waals surface area contributed by atoms with Crippen molar-refractivity contribution in [3.8, 4) is 11.9 Å². The fraction of sp³-hybridized carbons (Fsp3) is 0.154. The molecule has 3 aromatic rings. The summed E-state index contributed by atoms with van der Waals surface area (Å²) in [6, 6.07) is 9.38. The number of aryl methyl sites for hydroxylation is 1. The van der Waals surface area contributed by atoms with Crippen LogP contribution in [-0.4, -0.2) is 19.3 Å².